The highest BCUT2D eigenvalue weighted by Gasteiger charge is 2.17. The number of aromatic amines is 1. The van der Waals surface area contributed by atoms with Gasteiger partial charge in [0, 0.05) is 19.8 Å². The average molecular weight is 275 g/mol. The number of rotatable bonds is 8. The SMILES string of the molecule is Cc1[nH]ncc1S(=O)(=O)NCCCOCC(C)C. The lowest BCUT2D eigenvalue weighted by Crippen LogP contribution is -2.26. The fourth-order valence-corrected chi connectivity index (χ4v) is 2.60. The van der Waals surface area contributed by atoms with Crippen LogP contribution in [0.15, 0.2) is 11.1 Å². The van der Waals surface area contributed by atoms with Crippen molar-refractivity contribution in [1.29, 1.82) is 0 Å². The second-order valence-electron chi connectivity index (χ2n) is 4.58. The van der Waals surface area contributed by atoms with Gasteiger partial charge in [0.2, 0.25) is 10.0 Å². The summed E-state index contributed by atoms with van der Waals surface area (Å²) < 4.78 is 31.6. The van der Waals surface area contributed by atoms with Crippen LogP contribution in [0.25, 0.3) is 0 Å². The minimum Gasteiger partial charge on any atom is -0.381 e. The Balaban J connectivity index is 2.29. The molecule has 0 bridgehead atoms. The molecule has 0 aliphatic heterocycles. The lowest BCUT2D eigenvalue weighted by molar-refractivity contribution is 0.108. The summed E-state index contributed by atoms with van der Waals surface area (Å²) in [6.07, 6.45) is 1.97. The van der Waals surface area contributed by atoms with Crippen LogP contribution in [0.2, 0.25) is 0 Å². The molecule has 6 nitrogen and oxygen atoms in total. The maximum absolute atomic E-state index is 11.8. The fourth-order valence-electron chi connectivity index (χ4n) is 1.39. The third kappa shape index (κ3) is 4.75. The third-order valence-electron chi connectivity index (χ3n) is 2.28. The minimum atomic E-state index is -3.45. The molecule has 0 aliphatic rings. The van der Waals surface area contributed by atoms with Crippen molar-refractivity contribution in [3.8, 4) is 0 Å². The molecule has 0 aromatic carbocycles. The summed E-state index contributed by atoms with van der Waals surface area (Å²) in [5.74, 6) is 0.496. The van der Waals surface area contributed by atoms with Crippen molar-refractivity contribution < 1.29 is 13.2 Å². The van der Waals surface area contributed by atoms with Gasteiger partial charge in [-0.2, -0.15) is 5.10 Å². The molecule has 1 rings (SSSR count). The molecule has 0 atom stereocenters. The molecule has 0 amide bonds. The maximum Gasteiger partial charge on any atom is 0.243 e. The second-order valence-corrected chi connectivity index (χ2v) is 6.31. The zero-order valence-corrected chi connectivity index (χ0v) is 11.9. The van der Waals surface area contributed by atoms with E-state index >= 15 is 0 Å². The Morgan fingerprint density at radius 3 is 2.78 bits per heavy atom. The molecule has 0 fully saturated rings. The monoisotopic (exact) mass is 275 g/mol. The molecular formula is C11H21N3O3S. The van der Waals surface area contributed by atoms with Crippen molar-refractivity contribution in [3.63, 3.8) is 0 Å². The number of H-pyrrole nitrogens is 1. The Bertz CT molecular complexity index is 454. The summed E-state index contributed by atoms with van der Waals surface area (Å²) in [4.78, 5) is 0.200. The minimum absolute atomic E-state index is 0.200. The Morgan fingerprint density at radius 1 is 1.50 bits per heavy atom. The molecule has 104 valence electrons. The first kappa shape index (κ1) is 15.1. The number of nitrogens with one attached hydrogen (secondary N) is 2. The molecule has 0 radical (unpaired) electrons. The molecule has 0 aliphatic carbocycles. The number of hydrogen-bond acceptors (Lipinski definition) is 4. The van der Waals surface area contributed by atoms with Crippen LogP contribution in [0, 0.1) is 12.8 Å². The standard InChI is InChI=1S/C11H21N3O3S/c1-9(2)8-17-6-4-5-13-18(15,16)11-7-12-14-10(11)3/h7,9,13H,4-6,8H2,1-3H3,(H,12,14). The number of sulfonamides is 1. The highest BCUT2D eigenvalue weighted by atomic mass is 32.2. The molecule has 2 N–H and O–H groups in total. The fraction of sp³-hybridized carbons (Fsp3) is 0.727. The molecule has 0 spiro atoms. The first-order chi connectivity index (χ1) is 8.43. The topological polar surface area (TPSA) is 84.1 Å². The predicted molar refractivity (Wildman–Crippen MR) is 68.8 cm³/mol. The summed E-state index contributed by atoms with van der Waals surface area (Å²) >= 11 is 0. The third-order valence-corrected chi connectivity index (χ3v) is 3.86. The van der Waals surface area contributed by atoms with Gasteiger partial charge in [0.25, 0.3) is 0 Å². The first-order valence-corrected chi connectivity index (χ1v) is 7.49. The molecule has 0 saturated carbocycles. The van der Waals surface area contributed by atoms with E-state index in [1.807, 2.05) is 0 Å². The average Bonchev–Trinajstić information content (AvgIpc) is 2.70. The zero-order chi connectivity index (χ0) is 13.6. The number of aryl methyl sites for hydroxylation is 1. The smallest absolute Gasteiger partial charge is 0.243 e. The van der Waals surface area contributed by atoms with E-state index in [9.17, 15) is 8.42 Å². The van der Waals surface area contributed by atoms with Crippen LogP contribution in [0.4, 0.5) is 0 Å². The van der Waals surface area contributed by atoms with E-state index in [-0.39, 0.29) is 4.90 Å². The summed E-state index contributed by atoms with van der Waals surface area (Å²) in [5, 5.41) is 6.30. The van der Waals surface area contributed by atoms with Gasteiger partial charge < -0.3 is 4.74 Å². The van der Waals surface area contributed by atoms with Crippen LogP contribution < -0.4 is 4.72 Å². The van der Waals surface area contributed by atoms with Crippen molar-refractivity contribution in [3.05, 3.63) is 11.9 Å². The molecule has 0 saturated heterocycles. The Kier molecular flexibility index (Phi) is 5.77. The first-order valence-electron chi connectivity index (χ1n) is 6.01. The molecule has 1 aromatic rings. The number of hydrogen-bond donors (Lipinski definition) is 2. The van der Waals surface area contributed by atoms with Gasteiger partial charge in [0.1, 0.15) is 4.90 Å². The Labute approximate surface area is 108 Å². The van der Waals surface area contributed by atoms with Crippen molar-refractivity contribution in [2.75, 3.05) is 19.8 Å². The van der Waals surface area contributed by atoms with Gasteiger partial charge in [-0.05, 0) is 19.3 Å². The summed E-state index contributed by atoms with van der Waals surface area (Å²) in [6.45, 7) is 7.45. The van der Waals surface area contributed by atoms with Gasteiger partial charge in [-0.3, -0.25) is 5.10 Å². The van der Waals surface area contributed by atoms with Gasteiger partial charge in [0.05, 0.1) is 11.9 Å². The quantitative estimate of drug-likeness (QED) is 0.695. The largest absolute Gasteiger partial charge is 0.381 e. The van der Waals surface area contributed by atoms with Crippen LogP contribution in [-0.2, 0) is 14.8 Å². The highest BCUT2D eigenvalue weighted by Crippen LogP contribution is 2.10. The van der Waals surface area contributed by atoms with Crippen molar-refractivity contribution in [2.24, 2.45) is 5.92 Å². The molecule has 1 heterocycles. The summed E-state index contributed by atoms with van der Waals surface area (Å²) in [7, 11) is -3.45. The molecule has 1 aromatic heterocycles. The van der Waals surface area contributed by atoms with E-state index in [1.54, 1.807) is 6.92 Å². The van der Waals surface area contributed by atoms with E-state index < -0.39 is 10.0 Å². The van der Waals surface area contributed by atoms with E-state index in [0.29, 0.717) is 37.8 Å². The van der Waals surface area contributed by atoms with Crippen LogP contribution in [0.1, 0.15) is 26.0 Å². The van der Waals surface area contributed by atoms with Crippen LogP contribution in [0.5, 0.6) is 0 Å². The highest BCUT2D eigenvalue weighted by molar-refractivity contribution is 7.89. The van der Waals surface area contributed by atoms with Gasteiger partial charge in [-0.25, -0.2) is 13.1 Å². The number of ether oxygens (including phenoxy) is 1. The van der Waals surface area contributed by atoms with E-state index in [0.717, 1.165) is 0 Å². The van der Waals surface area contributed by atoms with E-state index in [2.05, 4.69) is 28.8 Å². The zero-order valence-electron chi connectivity index (χ0n) is 11.1. The lowest BCUT2D eigenvalue weighted by Gasteiger charge is -2.08. The van der Waals surface area contributed by atoms with E-state index in [1.165, 1.54) is 6.20 Å². The Hall–Kier alpha value is -0.920. The van der Waals surface area contributed by atoms with Gasteiger partial charge in [-0.15, -0.1) is 0 Å². The van der Waals surface area contributed by atoms with Crippen molar-refractivity contribution in [1.82, 2.24) is 14.9 Å². The van der Waals surface area contributed by atoms with Crippen LogP contribution >= 0.6 is 0 Å². The maximum atomic E-state index is 11.8. The molecule has 18 heavy (non-hydrogen) atoms. The van der Waals surface area contributed by atoms with Gasteiger partial charge >= 0.3 is 0 Å². The summed E-state index contributed by atoms with van der Waals surface area (Å²) in [6, 6.07) is 0. The van der Waals surface area contributed by atoms with Crippen LogP contribution in [0.3, 0.4) is 0 Å². The number of aromatic nitrogens is 2. The molecular weight excluding hydrogens is 254 g/mol. The number of nitrogens with zero attached hydrogens (tertiary/aromatic N) is 1. The molecule has 0 unspecified atom stereocenters. The van der Waals surface area contributed by atoms with Crippen molar-refractivity contribution >= 4 is 10.0 Å². The van der Waals surface area contributed by atoms with Gasteiger partial charge in [0.15, 0.2) is 0 Å². The second kappa shape index (κ2) is 6.86. The van der Waals surface area contributed by atoms with Crippen LogP contribution in [-0.4, -0.2) is 38.4 Å². The predicted octanol–water partition coefficient (Wildman–Crippen LogP) is 1.06. The molecule has 7 heteroatoms. The van der Waals surface area contributed by atoms with Crippen molar-refractivity contribution in [2.45, 2.75) is 32.1 Å². The normalized spacial score (nSPS) is 12.2. The Morgan fingerprint density at radius 2 is 2.22 bits per heavy atom. The van der Waals surface area contributed by atoms with E-state index in [4.69, 9.17) is 4.74 Å². The lowest BCUT2D eigenvalue weighted by atomic mass is 10.2. The summed E-state index contributed by atoms with van der Waals surface area (Å²) in [5.41, 5.74) is 0.540. The van der Waals surface area contributed by atoms with Gasteiger partial charge in [-0.1, -0.05) is 13.8 Å².